The largest absolute Gasteiger partial charge is 0.349 e. The van der Waals surface area contributed by atoms with Crippen LogP contribution in [0.3, 0.4) is 0 Å². The molecule has 124 valence electrons. The molecule has 0 saturated carbocycles. The number of hydrogen-bond donors (Lipinski definition) is 1. The van der Waals surface area contributed by atoms with E-state index < -0.39 is 0 Å². The topological polar surface area (TPSA) is 69.5 Å². The van der Waals surface area contributed by atoms with Gasteiger partial charge < -0.3 is 14.3 Å². The lowest BCUT2D eigenvalue weighted by atomic mass is 10.2. The molecule has 0 radical (unpaired) electrons. The fraction of sp³-hybridized carbons (Fsp3) is 0.353. The molecule has 4 rings (SSSR count). The van der Waals surface area contributed by atoms with Gasteiger partial charge in [0.25, 0.3) is 5.56 Å². The highest BCUT2D eigenvalue weighted by molar-refractivity contribution is 5.53. The first-order chi connectivity index (χ1) is 11.7. The molecular formula is C17H20N6O. The van der Waals surface area contributed by atoms with Crippen LogP contribution in [0.15, 0.2) is 41.6 Å². The second-order valence-corrected chi connectivity index (χ2v) is 6.07. The van der Waals surface area contributed by atoms with E-state index in [1.165, 1.54) is 5.52 Å². The number of aryl methyl sites for hydroxylation is 1. The Hall–Kier alpha value is -2.67. The highest BCUT2D eigenvalue weighted by atomic mass is 16.1. The normalized spacial score (nSPS) is 16.0. The summed E-state index contributed by atoms with van der Waals surface area (Å²) in [6, 6.07) is 6.18. The number of nitrogens with one attached hydrogen (secondary N) is 1. The van der Waals surface area contributed by atoms with Gasteiger partial charge in [0.05, 0.1) is 11.2 Å². The molecule has 1 fully saturated rings. The zero-order valence-electron chi connectivity index (χ0n) is 13.6. The van der Waals surface area contributed by atoms with E-state index in [0.717, 1.165) is 44.2 Å². The molecule has 3 aromatic heterocycles. The van der Waals surface area contributed by atoms with Crippen molar-refractivity contribution in [3.05, 3.63) is 58.7 Å². The Morgan fingerprint density at radius 3 is 2.83 bits per heavy atom. The van der Waals surface area contributed by atoms with Crippen molar-refractivity contribution in [2.75, 3.05) is 31.1 Å². The average molecular weight is 324 g/mol. The molecule has 7 nitrogen and oxygen atoms in total. The van der Waals surface area contributed by atoms with Gasteiger partial charge in [-0.1, -0.05) is 6.07 Å². The van der Waals surface area contributed by atoms with E-state index >= 15 is 0 Å². The zero-order chi connectivity index (χ0) is 16.5. The molecular weight excluding hydrogens is 304 g/mol. The predicted octanol–water partition coefficient (Wildman–Crippen LogP) is 1.05. The number of hydrogen-bond acceptors (Lipinski definition) is 5. The first-order valence-corrected chi connectivity index (χ1v) is 8.16. The predicted molar refractivity (Wildman–Crippen MR) is 92.3 cm³/mol. The van der Waals surface area contributed by atoms with Crippen LogP contribution in [0.1, 0.15) is 11.5 Å². The lowest BCUT2D eigenvalue weighted by Gasteiger charge is -2.34. The Morgan fingerprint density at radius 1 is 1.21 bits per heavy atom. The van der Waals surface area contributed by atoms with E-state index in [4.69, 9.17) is 4.98 Å². The van der Waals surface area contributed by atoms with Crippen LogP contribution in [0, 0.1) is 6.92 Å². The number of H-pyrrole nitrogens is 1. The monoisotopic (exact) mass is 324 g/mol. The molecule has 24 heavy (non-hydrogen) atoms. The van der Waals surface area contributed by atoms with Gasteiger partial charge in [-0.25, -0.2) is 9.97 Å². The van der Waals surface area contributed by atoms with Gasteiger partial charge in [0, 0.05) is 51.3 Å². The quantitative estimate of drug-likeness (QED) is 0.780. The molecule has 0 amide bonds. The maximum absolute atomic E-state index is 11.9. The third-order valence-electron chi connectivity index (χ3n) is 4.54. The third kappa shape index (κ3) is 2.67. The highest BCUT2D eigenvalue weighted by Crippen LogP contribution is 2.16. The summed E-state index contributed by atoms with van der Waals surface area (Å²) < 4.78 is 2.12. The number of rotatable bonds is 3. The van der Waals surface area contributed by atoms with Crippen molar-refractivity contribution in [2.45, 2.75) is 13.5 Å². The lowest BCUT2D eigenvalue weighted by molar-refractivity contribution is 0.247. The number of fused-ring (bicyclic) bond motifs is 1. The van der Waals surface area contributed by atoms with Crippen LogP contribution in [-0.4, -0.2) is 50.4 Å². The van der Waals surface area contributed by atoms with E-state index in [-0.39, 0.29) is 5.56 Å². The molecule has 1 saturated heterocycles. The van der Waals surface area contributed by atoms with Crippen LogP contribution < -0.4 is 10.5 Å². The van der Waals surface area contributed by atoms with Crippen molar-refractivity contribution < 1.29 is 0 Å². The van der Waals surface area contributed by atoms with Crippen LogP contribution in [0.4, 0.5) is 5.82 Å². The lowest BCUT2D eigenvalue weighted by Crippen LogP contribution is -2.47. The molecule has 1 aliphatic heterocycles. The highest BCUT2D eigenvalue weighted by Gasteiger charge is 2.21. The van der Waals surface area contributed by atoms with Crippen LogP contribution in [-0.2, 0) is 6.54 Å². The summed E-state index contributed by atoms with van der Waals surface area (Å²) in [5, 5.41) is 0. The summed E-state index contributed by atoms with van der Waals surface area (Å²) in [4.78, 5) is 27.9. The van der Waals surface area contributed by atoms with Crippen molar-refractivity contribution >= 4 is 11.3 Å². The van der Waals surface area contributed by atoms with Crippen molar-refractivity contribution in [1.82, 2.24) is 24.3 Å². The molecule has 1 N–H and O–H groups in total. The molecule has 7 heteroatoms. The van der Waals surface area contributed by atoms with E-state index in [2.05, 4.69) is 25.3 Å². The van der Waals surface area contributed by atoms with Gasteiger partial charge in [0.2, 0.25) is 0 Å². The van der Waals surface area contributed by atoms with Crippen LogP contribution in [0.5, 0.6) is 0 Å². The first kappa shape index (κ1) is 14.9. The minimum atomic E-state index is -0.123. The summed E-state index contributed by atoms with van der Waals surface area (Å²) in [6.45, 7) is 6.23. The fourth-order valence-corrected chi connectivity index (χ4v) is 3.28. The van der Waals surface area contributed by atoms with Gasteiger partial charge in [-0.3, -0.25) is 9.69 Å². The molecule has 0 aliphatic carbocycles. The number of aromatic nitrogens is 4. The van der Waals surface area contributed by atoms with Gasteiger partial charge in [-0.15, -0.1) is 0 Å². The minimum absolute atomic E-state index is 0.123. The standard InChI is InChI=1S/C17H20N6O/c1-13-20-14(15-4-2-3-7-23(13)15)12-21-8-10-22(11-9-21)16-17(24)19-6-5-18-16/h2-7H,8-12H2,1H3,(H,19,24). The maximum Gasteiger partial charge on any atom is 0.290 e. The Labute approximate surface area is 139 Å². The number of aromatic amines is 1. The van der Waals surface area contributed by atoms with Gasteiger partial charge in [0.1, 0.15) is 5.82 Å². The number of pyridine rings is 1. The van der Waals surface area contributed by atoms with Crippen LogP contribution in [0.25, 0.3) is 5.52 Å². The molecule has 0 atom stereocenters. The summed E-state index contributed by atoms with van der Waals surface area (Å²) in [5.41, 5.74) is 2.15. The fourth-order valence-electron chi connectivity index (χ4n) is 3.28. The smallest absolute Gasteiger partial charge is 0.290 e. The minimum Gasteiger partial charge on any atom is -0.349 e. The summed E-state index contributed by atoms with van der Waals surface area (Å²) >= 11 is 0. The molecule has 0 bridgehead atoms. The SMILES string of the molecule is Cc1nc(CN2CCN(c3ncc[nH]c3=O)CC2)c2ccccn12. The second-order valence-electron chi connectivity index (χ2n) is 6.07. The number of imidazole rings is 1. The molecule has 0 spiro atoms. The van der Waals surface area contributed by atoms with Crippen LogP contribution >= 0.6 is 0 Å². The molecule has 1 aliphatic rings. The third-order valence-corrected chi connectivity index (χ3v) is 4.54. The molecule has 0 unspecified atom stereocenters. The maximum atomic E-state index is 11.9. The molecule has 4 heterocycles. The summed E-state index contributed by atoms with van der Waals surface area (Å²) in [5.74, 6) is 1.53. The van der Waals surface area contributed by atoms with Crippen molar-refractivity contribution in [2.24, 2.45) is 0 Å². The van der Waals surface area contributed by atoms with Crippen molar-refractivity contribution in [3.8, 4) is 0 Å². The summed E-state index contributed by atoms with van der Waals surface area (Å²) in [7, 11) is 0. The second kappa shape index (κ2) is 6.09. The summed E-state index contributed by atoms with van der Waals surface area (Å²) in [6.07, 6.45) is 5.24. The van der Waals surface area contributed by atoms with Crippen molar-refractivity contribution in [1.29, 1.82) is 0 Å². The van der Waals surface area contributed by atoms with E-state index in [1.807, 2.05) is 30.2 Å². The van der Waals surface area contributed by atoms with Gasteiger partial charge >= 0.3 is 0 Å². The Balaban J connectivity index is 1.47. The number of anilines is 1. The first-order valence-electron chi connectivity index (χ1n) is 8.16. The Morgan fingerprint density at radius 2 is 2.04 bits per heavy atom. The number of nitrogens with zero attached hydrogens (tertiary/aromatic N) is 5. The molecule has 3 aromatic rings. The number of piperazine rings is 1. The van der Waals surface area contributed by atoms with Gasteiger partial charge in [-0.2, -0.15) is 0 Å². The van der Waals surface area contributed by atoms with E-state index in [0.29, 0.717) is 5.82 Å². The van der Waals surface area contributed by atoms with Crippen molar-refractivity contribution in [3.63, 3.8) is 0 Å². The van der Waals surface area contributed by atoms with Gasteiger partial charge in [-0.05, 0) is 19.1 Å². The van der Waals surface area contributed by atoms with Crippen LogP contribution in [0.2, 0.25) is 0 Å². The Bertz CT molecular complexity index is 907. The Kier molecular flexibility index (Phi) is 3.78. The average Bonchev–Trinajstić information content (AvgIpc) is 2.93. The van der Waals surface area contributed by atoms with E-state index in [9.17, 15) is 4.79 Å². The van der Waals surface area contributed by atoms with Gasteiger partial charge in [0.15, 0.2) is 5.82 Å². The zero-order valence-corrected chi connectivity index (χ0v) is 13.6. The molecule has 0 aromatic carbocycles. The van der Waals surface area contributed by atoms with E-state index in [1.54, 1.807) is 12.4 Å².